The molecule has 0 saturated heterocycles. The zero-order valence-electron chi connectivity index (χ0n) is 8.04. The van der Waals surface area contributed by atoms with E-state index >= 15 is 0 Å². The Morgan fingerprint density at radius 1 is 1.57 bits per heavy atom. The van der Waals surface area contributed by atoms with E-state index in [4.69, 9.17) is 11.6 Å². The first-order valence-electron chi connectivity index (χ1n) is 4.56. The number of nitrogens with zero attached hydrogens (tertiary/aromatic N) is 1. The first-order valence-corrected chi connectivity index (χ1v) is 4.93. The third-order valence-electron chi connectivity index (χ3n) is 2.38. The van der Waals surface area contributed by atoms with Gasteiger partial charge in [-0.05, 0) is 12.0 Å². The molecule has 1 N–H and O–H groups in total. The van der Waals surface area contributed by atoms with E-state index in [1.807, 2.05) is 0 Å². The van der Waals surface area contributed by atoms with E-state index in [1.165, 1.54) is 0 Å². The Balaban J connectivity index is 2.50. The van der Waals surface area contributed by atoms with E-state index in [0.717, 1.165) is 5.69 Å². The molecule has 2 rings (SSSR count). The first kappa shape index (κ1) is 9.46. The SMILES string of the molecule is CC(C)[C@@H]1NC(=O)c2cc(Cl)cnc21. The van der Waals surface area contributed by atoms with Crippen molar-refractivity contribution in [2.45, 2.75) is 19.9 Å². The predicted molar refractivity (Wildman–Crippen MR) is 54.3 cm³/mol. The van der Waals surface area contributed by atoms with Gasteiger partial charge in [-0.1, -0.05) is 25.4 Å². The van der Waals surface area contributed by atoms with Gasteiger partial charge in [0.05, 0.1) is 22.3 Å². The minimum Gasteiger partial charge on any atom is -0.343 e. The number of halogens is 1. The fraction of sp³-hybridized carbons (Fsp3) is 0.400. The number of amides is 1. The maximum Gasteiger partial charge on any atom is 0.253 e. The van der Waals surface area contributed by atoms with Crippen LogP contribution in [-0.4, -0.2) is 10.9 Å². The van der Waals surface area contributed by atoms with Crippen molar-refractivity contribution >= 4 is 17.5 Å². The highest BCUT2D eigenvalue weighted by Gasteiger charge is 2.31. The maximum atomic E-state index is 11.5. The summed E-state index contributed by atoms with van der Waals surface area (Å²) >= 11 is 5.77. The summed E-state index contributed by atoms with van der Waals surface area (Å²) in [7, 11) is 0. The van der Waals surface area contributed by atoms with Crippen molar-refractivity contribution in [3.8, 4) is 0 Å². The number of rotatable bonds is 1. The van der Waals surface area contributed by atoms with Gasteiger partial charge in [-0.2, -0.15) is 0 Å². The van der Waals surface area contributed by atoms with Crippen molar-refractivity contribution < 1.29 is 4.79 Å². The smallest absolute Gasteiger partial charge is 0.253 e. The van der Waals surface area contributed by atoms with Crippen LogP contribution in [0, 0.1) is 5.92 Å². The van der Waals surface area contributed by atoms with Crippen molar-refractivity contribution in [3.05, 3.63) is 28.5 Å². The Labute approximate surface area is 87.5 Å². The van der Waals surface area contributed by atoms with Gasteiger partial charge < -0.3 is 5.32 Å². The molecule has 2 heterocycles. The highest BCUT2D eigenvalue weighted by molar-refractivity contribution is 6.30. The molecule has 1 aliphatic rings. The molecule has 4 heteroatoms. The van der Waals surface area contributed by atoms with Crippen LogP contribution in [0.25, 0.3) is 0 Å². The van der Waals surface area contributed by atoms with Gasteiger partial charge in [0.1, 0.15) is 0 Å². The van der Waals surface area contributed by atoms with Gasteiger partial charge in [-0.3, -0.25) is 9.78 Å². The van der Waals surface area contributed by atoms with Crippen molar-refractivity contribution in [3.63, 3.8) is 0 Å². The predicted octanol–water partition coefficient (Wildman–Crippen LogP) is 2.18. The van der Waals surface area contributed by atoms with Crippen LogP contribution in [0.3, 0.4) is 0 Å². The number of nitrogens with one attached hydrogen (secondary N) is 1. The molecule has 0 unspecified atom stereocenters. The van der Waals surface area contributed by atoms with Gasteiger partial charge in [0.2, 0.25) is 0 Å². The maximum absolute atomic E-state index is 11.5. The minimum atomic E-state index is -0.0753. The van der Waals surface area contributed by atoms with Crippen molar-refractivity contribution in [1.82, 2.24) is 10.3 Å². The number of aromatic nitrogens is 1. The van der Waals surface area contributed by atoms with Gasteiger partial charge in [0.15, 0.2) is 0 Å². The van der Waals surface area contributed by atoms with E-state index in [9.17, 15) is 4.79 Å². The van der Waals surface area contributed by atoms with Gasteiger partial charge >= 0.3 is 0 Å². The van der Waals surface area contributed by atoms with Gasteiger partial charge in [-0.15, -0.1) is 0 Å². The first-order chi connectivity index (χ1) is 6.59. The monoisotopic (exact) mass is 210 g/mol. The highest BCUT2D eigenvalue weighted by atomic mass is 35.5. The molecule has 0 fully saturated rings. The Morgan fingerprint density at radius 3 is 2.93 bits per heavy atom. The number of fused-ring (bicyclic) bond motifs is 1. The fourth-order valence-electron chi connectivity index (χ4n) is 1.65. The lowest BCUT2D eigenvalue weighted by Gasteiger charge is -2.14. The van der Waals surface area contributed by atoms with Crippen LogP contribution in [0.15, 0.2) is 12.3 Å². The van der Waals surface area contributed by atoms with Crippen LogP contribution in [0.5, 0.6) is 0 Å². The molecule has 1 atom stereocenters. The largest absolute Gasteiger partial charge is 0.343 e. The van der Waals surface area contributed by atoms with Crippen LogP contribution in [-0.2, 0) is 0 Å². The minimum absolute atomic E-state index is 0.0229. The van der Waals surface area contributed by atoms with Crippen LogP contribution < -0.4 is 5.32 Å². The second-order valence-electron chi connectivity index (χ2n) is 3.78. The Morgan fingerprint density at radius 2 is 2.29 bits per heavy atom. The van der Waals surface area contributed by atoms with Crippen LogP contribution >= 0.6 is 11.6 Å². The van der Waals surface area contributed by atoms with E-state index in [1.54, 1.807) is 12.3 Å². The van der Waals surface area contributed by atoms with E-state index in [0.29, 0.717) is 16.5 Å². The van der Waals surface area contributed by atoms with Crippen LogP contribution in [0.4, 0.5) is 0 Å². The molecule has 0 radical (unpaired) electrons. The number of carbonyl (C=O) groups is 1. The molecule has 14 heavy (non-hydrogen) atoms. The fourth-order valence-corrected chi connectivity index (χ4v) is 1.81. The van der Waals surface area contributed by atoms with Gasteiger partial charge in [0.25, 0.3) is 5.91 Å². The molecule has 0 aromatic carbocycles. The summed E-state index contributed by atoms with van der Waals surface area (Å²) in [6, 6.07) is 1.69. The molecule has 1 aliphatic heterocycles. The molecule has 1 amide bonds. The average Bonchev–Trinajstić information content (AvgIpc) is 2.44. The van der Waals surface area contributed by atoms with Crippen molar-refractivity contribution in [2.75, 3.05) is 0 Å². The number of hydrogen-bond acceptors (Lipinski definition) is 2. The van der Waals surface area contributed by atoms with Crippen molar-refractivity contribution in [1.29, 1.82) is 0 Å². The summed E-state index contributed by atoms with van der Waals surface area (Å²) in [5.41, 5.74) is 1.42. The Hall–Kier alpha value is -1.09. The summed E-state index contributed by atoms with van der Waals surface area (Å²) in [5.74, 6) is 0.266. The van der Waals surface area contributed by atoms with Crippen LogP contribution in [0.2, 0.25) is 5.02 Å². The zero-order valence-corrected chi connectivity index (χ0v) is 8.80. The van der Waals surface area contributed by atoms with E-state index < -0.39 is 0 Å². The van der Waals surface area contributed by atoms with E-state index in [-0.39, 0.29) is 11.9 Å². The average molecular weight is 211 g/mol. The molecular formula is C10H11ClN2O. The lowest BCUT2D eigenvalue weighted by atomic mass is 10.0. The van der Waals surface area contributed by atoms with Crippen LogP contribution in [0.1, 0.15) is 35.9 Å². The normalized spacial score (nSPS) is 19.7. The highest BCUT2D eigenvalue weighted by Crippen LogP contribution is 2.30. The lowest BCUT2D eigenvalue weighted by molar-refractivity contribution is 0.0949. The zero-order chi connectivity index (χ0) is 10.3. The second kappa shape index (κ2) is 3.24. The van der Waals surface area contributed by atoms with E-state index in [2.05, 4.69) is 24.1 Å². The number of pyridine rings is 1. The summed E-state index contributed by atoms with van der Waals surface area (Å²) in [5, 5.41) is 3.39. The number of hydrogen-bond donors (Lipinski definition) is 1. The molecule has 0 saturated carbocycles. The molecule has 0 aliphatic carbocycles. The second-order valence-corrected chi connectivity index (χ2v) is 4.22. The summed E-state index contributed by atoms with van der Waals surface area (Å²) in [6.45, 7) is 4.10. The molecule has 3 nitrogen and oxygen atoms in total. The van der Waals surface area contributed by atoms with Gasteiger partial charge in [0, 0.05) is 6.20 Å². The summed E-state index contributed by atoms with van der Waals surface area (Å²) in [6.07, 6.45) is 1.58. The quantitative estimate of drug-likeness (QED) is 0.772. The standard InChI is InChI=1S/C10H11ClN2O/c1-5(2)8-9-7(10(14)13-8)3-6(11)4-12-9/h3-5,8H,1-2H3,(H,13,14)/t8-/m0/s1. The lowest BCUT2D eigenvalue weighted by Crippen LogP contribution is -2.23. The number of carbonyl (C=O) groups excluding carboxylic acids is 1. The molecule has 0 bridgehead atoms. The van der Waals surface area contributed by atoms with Gasteiger partial charge in [-0.25, -0.2) is 0 Å². The Kier molecular flexibility index (Phi) is 2.19. The molecule has 1 aromatic heterocycles. The molecule has 74 valence electrons. The summed E-state index contributed by atoms with van der Waals surface area (Å²) < 4.78 is 0. The Bertz CT molecular complexity index is 390. The molecule has 0 spiro atoms. The third kappa shape index (κ3) is 1.38. The van der Waals surface area contributed by atoms with Crippen molar-refractivity contribution in [2.24, 2.45) is 5.92 Å². The summed E-state index contributed by atoms with van der Waals surface area (Å²) in [4.78, 5) is 15.7. The topological polar surface area (TPSA) is 42.0 Å². The molecule has 1 aromatic rings. The molecular weight excluding hydrogens is 200 g/mol. The third-order valence-corrected chi connectivity index (χ3v) is 2.58.